The summed E-state index contributed by atoms with van der Waals surface area (Å²) in [6.45, 7) is 6.20. The molecule has 0 unspecified atom stereocenters. The number of aryl methyl sites for hydroxylation is 3. The Hall–Kier alpha value is -3.86. The lowest BCUT2D eigenvalue weighted by Crippen LogP contribution is -2.22. The van der Waals surface area contributed by atoms with E-state index in [1.807, 2.05) is 42.5 Å². The zero-order chi connectivity index (χ0) is 25.2. The highest BCUT2D eigenvalue weighted by Crippen LogP contribution is 2.21. The van der Waals surface area contributed by atoms with Gasteiger partial charge in [-0.15, -0.1) is 0 Å². The Bertz CT molecular complexity index is 1310. The molecule has 0 aliphatic heterocycles. The summed E-state index contributed by atoms with van der Waals surface area (Å²) in [4.78, 5) is 16.9. The van der Waals surface area contributed by atoms with Crippen LogP contribution in [0.1, 0.15) is 41.8 Å². The van der Waals surface area contributed by atoms with Crippen molar-refractivity contribution in [3.63, 3.8) is 0 Å². The minimum Gasteiger partial charge on any atom is -0.491 e. The van der Waals surface area contributed by atoms with E-state index in [1.165, 1.54) is 5.56 Å². The number of amides is 1. The van der Waals surface area contributed by atoms with Gasteiger partial charge >= 0.3 is 0 Å². The molecule has 1 heterocycles. The number of para-hydroxylation sites is 2. The van der Waals surface area contributed by atoms with Crippen LogP contribution in [0, 0.1) is 13.8 Å². The third-order valence-corrected chi connectivity index (χ3v) is 6.25. The summed E-state index contributed by atoms with van der Waals surface area (Å²) >= 11 is 0. The number of nitrogens with zero attached hydrogens (tertiary/aromatic N) is 2. The molecule has 4 aromatic rings. The van der Waals surface area contributed by atoms with Crippen LogP contribution < -0.4 is 10.1 Å². The molecule has 1 N–H and O–H groups in total. The molecule has 1 aromatic heterocycles. The highest BCUT2D eigenvalue weighted by molar-refractivity contribution is 5.91. The number of rotatable bonds is 12. The van der Waals surface area contributed by atoms with Crippen LogP contribution in [-0.4, -0.2) is 28.6 Å². The van der Waals surface area contributed by atoms with E-state index >= 15 is 0 Å². The van der Waals surface area contributed by atoms with Gasteiger partial charge in [0.05, 0.1) is 17.6 Å². The van der Waals surface area contributed by atoms with E-state index in [2.05, 4.69) is 60.1 Å². The van der Waals surface area contributed by atoms with Gasteiger partial charge in [0, 0.05) is 19.0 Å². The molecule has 5 nitrogen and oxygen atoms in total. The maximum atomic E-state index is 12.0. The number of hydrogen-bond donors (Lipinski definition) is 1. The van der Waals surface area contributed by atoms with E-state index in [0.29, 0.717) is 13.2 Å². The predicted octanol–water partition coefficient (Wildman–Crippen LogP) is 6.27. The van der Waals surface area contributed by atoms with Crippen molar-refractivity contribution in [2.75, 3.05) is 13.2 Å². The molecule has 3 aromatic carbocycles. The minimum atomic E-state index is -0.0514. The van der Waals surface area contributed by atoms with E-state index in [1.54, 1.807) is 6.08 Å². The van der Waals surface area contributed by atoms with Crippen molar-refractivity contribution < 1.29 is 9.53 Å². The summed E-state index contributed by atoms with van der Waals surface area (Å²) in [6, 6.07) is 24.4. The number of benzene rings is 3. The molecule has 0 bridgehead atoms. The highest BCUT2D eigenvalue weighted by atomic mass is 16.5. The third-order valence-electron chi connectivity index (χ3n) is 6.25. The van der Waals surface area contributed by atoms with Crippen molar-refractivity contribution >= 4 is 23.0 Å². The second-order valence-electron chi connectivity index (χ2n) is 9.13. The van der Waals surface area contributed by atoms with Gasteiger partial charge in [0.15, 0.2) is 0 Å². The molecule has 36 heavy (non-hydrogen) atoms. The van der Waals surface area contributed by atoms with Crippen molar-refractivity contribution in [1.29, 1.82) is 0 Å². The monoisotopic (exact) mass is 481 g/mol. The largest absolute Gasteiger partial charge is 0.491 e. The lowest BCUT2D eigenvalue weighted by Gasteiger charge is -2.13. The topological polar surface area (TPSA) is 56.1 Å². The summed E-state index contributed by atoms with van der Waals surface area (Å²) in [5, 5.41) is 2.97. The molecule has 0 saturated heterocycles. The molecule has 186 valence electrons. The van der Waals surface area contributed by atoms with Gasteiger partial charge in [0.1, 0.15) is 18.2 Å². The molecule has 0 radical (unpaired) electrons. The molecule has 0 atom stereocenters. The molecule has 0 aliphatic carbocycles. The number of imidazole rings is 1. The maximum Gasteiger partial charge on any atom is 0.243 e. The first kappa shape index (κ1) is 25.2. The Balaban J connectivity index is 1.25. The fourth-order valence-corrected chi connectivity index (χ4v) is 4.27. The molecule has 0 saturated carbocycles. The Morgan fingerprint density at radius 2 is 1.78 bits per heavy atom. The van der Waals surface area contributed by atoms with Crippen LogP contribution in [0.15, 0.2) is 78.9 Å². The molecular weight excluding hydrogens is 446 g/mol. The lowest BCUT2D eigenvalue weighted by molar-refractivity contribution is -0.116. The van der Waals surface area contributed by atoms with E-state index in [-0.39, 0.29) is 5.91 Å². The Morgan fingerprint density at radius 1 is 0.972 bits per heavy atom. The van der Waals surface area contributed by atoms with Crippen LogP contribution in [-0.2, 0) is 17.8 Å². The number of ether oxygens (including phenoxy) is 1. The molecule has 0 spiro atoms. The van der Waals surface area contributed by atoms with Gasteiger partial charge in [0.25, 0.3) is 0 Å². The van der Waals surface area contributed by atoms with Crippen LogP contribution in [0.2, 0.25) is 0 Å². The second-order valence-corrected chi connectivity index (χ2v) is 9.13. The van der Waals surface area contributed by atoms with Crippen LogP contribution in [0.4, 0.5) is 0 Å². The molecule has 1 amide bonds. The number of aromatic nitrogens is 2. The smallest absolute Gasteiger partial charge is 0.243 e. The first-order chi connectivity index (χ1) is 17.6. The third kappa shape index (κ3) is 7.08. The van der Waals surface area contributed by atoms with E-state index in [4.69, 9.17) is 9.72 Å². The van der Waals surface area contributed by atoms with Gasteiger partial charge < -0.3 is 14.6 Å². The molecular formula is C31H35N3O2. The van der Waals surface area contributed by atoms with Crippen LogP contribution in [0.3, 0.4) is 0 Å². The van der Waals surface area contributed by atoms with Crippen molar-refractivity contribution in [3.05, 3.63) is 101 Å². The average molecular weight is 482 g/mol. The van der Waals surface area contributed by atoms with E-state index in [9.17, 15) is 4.79 Å². The number of carbonyl (C=O) groups is 1. The summed E-state index contributed by atoms with van der Waals surface area (Å²) in [6.07, 6.45) is 7.34. The predicted molar refractivity (Wildman–Crippen MR) is 147 cm³/mol. The van der Waals surface area contributed by atoms with Gasteiger partial charge in [-0.3, -0.25) is 4.79 Å². The van der Waals surface area contributed by atoms with Gasteiger partial charge in [-0.25, -0.2) is 4.98 Å². The summed E-state index contributed by atoms with van der Waals surface area (Å²) in [5.74, 6) is 1.99. The Labute approximate surface area is 213 Å². The van der Waals surface area contributed by atoms with Crippen LogP contribution in [0.5, 0.6) is 5.75 Å². The zero-order valence-corrected chi connectivity index (χ0v) is 21.2. The zero-order valence-electron chi connectivity index (χ0n) is 21.2. The quantitative estimate of drug-likeness (QED) is 0.192. The van der Waals surface area contributed by atoms with Gasteiger partial charge in [-0.05, 0) is 67.7 Å². The fraction of sp³-hybridized carbons (Fsp3) is 0.290. The van der Waals surface area contributed by atoms with Gasteiger partial charge in [-0.1, -0.05) is 61.0 Å². The van der Waals surface area contributed by atoms with Gasteiger partial charge in [0.2, 0.25) is 5.91 Å². The van der Waals surface area contributed by atoms with Crippen LogP contribution in [0.25, 0.3) is 17.1 Å². The highest BCUT2D eigenvalue weighted by Gasteiger charge is 2.11. The molecule has 0 aliphatic rings. The Kier molecular flexibility index (Phi) is 8.92. The molecule has 4 rings (SSSR count). The van der Waals surface area contributed by atoms with E-state index in [0.717, 1.165) is 66.0 Å². The van der Waals surface area contributed by atoms with Crippen molar-refractivity contribution in [2.24, 2.45) is 0 Å². The first-order valence-corrected chi connectivity index (χ1v) is 12.8. The number of nitrogens with one attached hydrogen (secondary N) is 1. The number of fused-ring (bicyclic) bond motifs is 1. The molecule has 5 heteroatoms. The first-order valence-electron chi connectivity index (χ1n) is 12.8. The van der Waals surface area contributed by atoms with Gasteiger partial charge in [-0.2, -0.15) is 0 Å². The number of hydrogen-bond acceptors (Lipinski definition) is 3. The van der Waals surface area contributed by atoms with E-state index < -0.39 is 0 Å². The normalized spacial score (nSPS) is 11.3. The standard InChI is InChI=1S/C31H35N3O2/c1-24-16-17-25(2)29(23-24)36-22-21-34-28-14-9-8-13-27(28)33-30(34)15-7-4-10-20-32-31(35)19-18-26-11-5-3-6-12-26/h3,5-6,8-9,11-14,16-19,23H,4,7,10,15,20-22H2,1-2H3,(H,32,35)/b19-18+. The molecule has 0 fully saturated rings. The average Bonchev–Trinajstić information content (AvgIpc) is 3.25. The lowest BCUT2D eigenvalue weighted by atomic mass is 10.1. The Morgan fingerprint density at radius 3 is 2.64 bits per heavy atom. The van der Waals surface area contributed by atoms with Crippen LogP contribution >= 0.6 is 0 Å². The van der Waals surface area contributed by atoms with Crippen molar-refractivity contribution in [1.82, 2.24) is 14.9 Å². The number of carbonyl (C=O) groups excluding carboxylic acids is 1. The summed E-state index contributed by atoms with van der Waals surface area (Å²) < 4.78 is 8.42. The second kappa shape index (κ2) is 12.7. The fourth-order valence-electron chi connectivity index (χ4n) is 4.27. The number of unbranched alkanes of at least 4 members (excludes halogenated alkanes) is 2. The summed E-state index contributed by atoms with van der Waals surface area (Å²) in [7, 11) is 0. The van der Waals surface area contributed by atoms with Crippen molar-refractivity contribution in [3.8, 4) is 5.75 Å². The minimum absolute atomic E-state index is 0.0514. The summed E-state index contributed by atoms with van der Waals surface area (Å²) in [5.41, 5.74) is 5.55. The maximum absolute atomic E-state index is 12.0. The SMILES string of the molecule is Cc1ccc(C)c(OCCn2c(CCCCCNC(=O)/C=C/c3ccccc3)nc3ccccc32)c1. The van der Waals surface area contributed by atoms with Crippen molar-refractivity contribution in [2.45, 2.75) is 46.1 Å².